The normalized spacial score (nSPS) is 19.0. The Morgan fingerprint density at radius 1 is 1.30 bits per heavy atom. The Labute approximate surface area is 178 Å². The average molecular weight is 435 g/mol. The molecular weight excluding hydrogens is 404 g/mol. The van der Waals surface area contributed by atoms with Gasteiger partial charge in [0.15, 0.2) is 0 Å². The molecule has 164 valence electrons. The summed E-state index contributed by atoms with van der Waals surface area (Å²) in [6, 6.07) is -0.553. The summed E-state index contributed by atoms with van der Waals surface area (Å²) in [5, 5.41) is 27.2. The van der Waals surface area contributed by atoms with Crippen molar-refractivity contribution in [1.29, 1.82) is 0 Å². The highest BCUT2D eigenvalue weighted by Crippen LogP contribution is 2.44. The van der Waals surface area contributed by atoms with E-state index in [1.54, 1.807) is 0 Å². The van der Waals surface area contributed by atoms with Gasteiger partial charge in [-0.15, -0.1) is 0 Å². The number of rotatable bonds is 6. The number of aliphatic imine (C=N–C) groups is 1. The Morgan fingerprint density at radius 2 is 2.07 bits per heavy atom. The summed E-state index contributed by atoms with van der Waals surface area (Å²) in [6.45, 7) is 4.02. The number of nitrogens with zero attached hydrogens (tertiary/aromatic N) is 3. The third kappa shape index (κ3) is 4.77. The van der Waals surface area contributed by atoms with Crippen molar-refractivity contribution >= 4 is 28.3 Å². The maximum atomic E-state index is 12.6. The molecular formula is C20H30N6O3S. The lowest BCUT2D eigenvalue weighted by molar-refractivity contribution is 0.260. The van der Waals surface area contributed by atoms with Crippen molar-refractivity contribution < 1.29 is 15.0 Å². The van der Waals surface area contributed by atoms with Gasteiger partial charge in [-0.1, -0.05) is 13.8 Å². The number of fused-ring (bicyclic) bond motifs is 2. The molecule has 1 aromatic rings. The SMILES string of the molecule is CC1(C)CCc2c1nc1c(c2NC(=O)N=S(N)C(N)=CC(CO)=NCCO)CCC1. The molecule has 0 spiro atoms. The number of hydrogen-bond acceptors (Lipinski definition) is 6. The molecule has 7 N–H and O–H groups in total. The molecule has 1 atom stereocenters. The standard InChI is InChI=1S/C20H30N6O3S/c1-20(2)7-6-14-17(13-4-3-5-15(13)24-18(14)20)25-19(29)26-30(22)16(21)10-12(11-28)23-8-9-27/h10,27-28H,3-9,11,21H2,1-2H3,(H3,22,24,25,26,29). The summed E-state index contributed by atoms with van der Waals surface area (Å²) in [7, 11) is -1.38. The van der Waals surface area contributed by atoms with Crippen LogP contribution >= 0.6 is 0 Å². The molecule has 30 heavy (non-hydrogen) atoms. The average Bonchev–Trinajstić information content (AvgIpc) is 3.29. The van der Waals surface area contributed by atoms with Crippen LogP contribution in [0.2, 0.25) is 0 Å². The molecule has 1 aromatic heterocycles. The third-order valence-electron chi connectivity index (χ3n) is 5.51. The van der Waals surface area contributed by atoms with E-state index >= 15 is 0 Å². The fourth-order valence-corrected chi connectivity index (χ4v) is 4.55. The van der Waals surface area contributed by atoms with Gasteiger partial charge in [-0.25, -0.2) is 4.79 Å². The molecule has 2 aliphatic rings. The lowest BCUT2D eigenvalue weighted by Crippen LogP contribution is -2.20. The third-order valence-corrected chi connectivity index (χ3v) is 6.47. The fourth-order valence-electron chi connectivity index (χ4n) is 3.96. The van der Waals surface area contributed by atoms with Crippen molar-refractivity contribution in [3.63, 3.8) is 0 Å². The number of carbonyl (C=O) groups is 1. The van der Waals surface area contributed by atoms with Crippen molar-refractivity contribution in [2.75, 3.05) is 25.1 Å². The minimum absolute atomic E-state index is 0.0104. The van der Waals surface area contributed by atoms with Gasteiger partial charge in [-0.05, 0) is 49.3 Å². The Bertz CT molecular complexity index is 939. The number of urea groups is 1. The maximum absolute atomic E-state index is 12.6. The second kappa shape index (κ2) is 9.34. The number of carbonyl (C=O) groups excluding carboxylic acids is 1. The van der Waals surface area contributed by atoms with E-state index in [1.807, 2.05) is 0 Å². The first-order valence-electron chi connectivity index (χ1n) is 10.1. The number of aliphatic hydroxyl groups is 2. The molecule has 0 fully saturated rings. The van der Waals surface area contributed by atoms with Crippen LogP contribution in [0.1, 0.15) is 49.2 Å². The summed E-state index contributed by atoms with van der Waals surface area (Å²) < 4.78 is 3.98. The van der Waals surface area contributed by atoms with E-state index in [2.05, 4.69) is 28.5 Å². The Hall–Kier alpha value is -2.14. The molecule has 0 aromatic carbocycles. The summed E-state index contributed by atoms with van der Waals surface area (Å²) in [4.78, 5) is 21.6. The summed E-state index contributed by atoms with van der Waals surface area (Å²) in [5.74, 6) is 0. The van der Waals surface area contributed by atoms with E-state index in [1.165, 1.54) is 6.08 Å². The number of aromatic nitrogens is 1. The highest BCUT2D eigenvalue weighted by Gasteiger charge is 2.36. The van der Waals surface area contributed by atoms with E-state index < -0.39 is 16.9 Å². The number of nitrogens with two attached hydrogens (primary N) is 2. The van der Waals surface area contributed by atoms with E-state index in [0.717, 1.165) is 60.3 Å². The van der Waals surface area contributed by atoms with Gasteiger partial charge in [0.05, 0.1) is 41.9 Å². The number of aliphatic hydroxyl groups excluding tert-OH is 2. The van der Waals surface area contributed by atoms with Crippen LogP contribution in [0.5, 0.6) is 0 Å². The largest absolute Gasteiger partial charge is 0.394 e. The van der Waals surface area contributed by atoms with Gasteiger partial charge in [0.25, 0.3) is 0 Å². The molecule has 2 amide bonds. The first-order valence-corrected chi connectivity index (χ1v) is 11.3. The molecule has 2 aliphatic carbocycles. The van der Waals surface area contributed by atoms with Gasteiger partial charge in [0.2, 0.25) is 0 Å². The molecule has 9 nitrogen and oxygen atoms in total. The van der Waals surface area contributed by atoms with Gasteiger partial charge in [0.1, 0.15) is 0 Å². The Morgan fingerprint density at radius 3 is 2.77 bits per heavy atom. The summed E-state index contributed by atoms with van der Waals surface area (Å²) in [6.07, 6.45) is 6.09. The van der Waals surface area contributed by atoms with Gasteiger partial charge in [-0.2, -0.15) is 4.36 Å². The van der Waals surface area contributed by atoms with Gasteiger partial charge in [-0.3, -0.25) is 15.1 Å². The zero-order valence-electron chi connectivity index (χ0n) is 17.4. The monoisotopic (exact) mass is 434 g/mol. The van der Waals surface area contributed by atoms with Crippen LogP contribution in [0.15, 0.2) is 20.5 Å². The fraction of sp³-hybridized carbons (Fsp3) is 0.550. The second-order valence-corrected chi connectivity index (χ2v) is 9.40. The van der Waals surface area contributed by atoms with E-state index in [-0.39, 0.29) is 35.9 Å². The van der Waals surface area contributed by atoms with Crippen LogP contribution in [0.4, 0.5) is 10.5 Å². The first-order chi connectivity index (χ1) is 14.3. The zero-order chi connectivity index (χ0) is 21.9. The molecule has 3 rings (SSSR count). The molecule has 1 unspecified atom stereocenters. The van der Waals surface area contributed by atoms with Crippen LogP contribution in [0.25, 0.3) is 0 Å². The summed E-state index contributed by atoms with van der Waals surface area (Å²) >= 11 is 0. The van der Waals surface area contributed by atoms with E-state index in [0.29, 0.717) is 0 Å². The highest BCUT2D eigenvalue weighted by atomic mass is 32.2. The van der Waals surface area contributed by atoms with Crippen LogP contribution in [0, 0.1) is 0 Å². The van der Waals surface area contributed by atoms with Crippen LogP contribution in [-0.4, -0.2) is 46.7 Å². The molecule has 1 heterocycles. The number of anilines is 1. The van der Waals surface area contributed by atoms with Crippen molar-refractivity contribution in [3.8, 4) is 0 Å². The van der Waals surface area contributed by atoms with Crippen molar-refractivity contribution in [3.05, 3.63) is 33.6 Å². The second-order valence-electron chi connectivity index (χ2n) is 8.11. The number of hydrogen-bond donors (Lipinski definition) is 5. The van der Waals surface area contributed by atoms with Gasteiger partial charge in [0, 0.05) is 22.0 Å². The van der Waals surface area contributed by atoms with Crippen molar-refractivity contribution in [2.45, 2.75) is 51.4 Å². The van der Waals surface area contributed by atoms with Crippen molar-refractivity contribution in [2.24, 2.45) is 20.2 Å². The Balaban J connectivity index is 1.85. The minimum atomic E-state index is -1.38. The predicted molar refractivity (Wildman–Crippen MR) is 119 cm³/mol. The summed E-state index contributed by atoms with van der Waals surface area (Å²) in [5.41, 5.74) is 11.4. The van der Waals surface area contributed by atoms with Crippen LogP contribution in [0.3, 0.4) is 0 Å². The van der Waals surface area contributed by atoms with E-state index in [9.17, 15) is 9.90 Å². The maximum Gasteiger partial charge on any atom is 0.352 e. The molecule has 0 saturated heterocycles. The topological polar surface area (TPSA) is 159 Å². The minimum Gasteiger partial charge on any atom is -0.394 e. The molecule has 0 radical (unpaired) electrons. The quantitative estimate of drug-likeness (QED) is 0.423. The predicted octanol–water partition coefficient (Wildman–Crippen LogP) is 1.23. The molecule has 0 bridgehead atoms. The lowest BCUT2D eigenvalue weighted by atomic mass is 9.90. The van der Waals surface area contributed by atoms with E-state index in [4.69, 9.17) is 21.0 Å². The smallest absolute Gasteiger partial charge is 0.352 e. The number of aryl methyl sites for hydroxylation is 1. The van der Waals surface area contributed by atoms with Gasteiger partial charge < -0.3 is 21.3 Å². The number of amides is 2. The lowest BCUT2D eigenvalue weighted by Gasteiger charge is -2.20. The molecule has 0 saturated carbocycles. The number of nitrogens with one attached hydrogen (secondary N) is 1. The van der Waals surface area contributed by atoms with Crippen LogP contribution < -0.4 is 16.2 Å². The first kappa shape index (κ1) is 22.5. The number of pyridine rings is 1. The van der Waals surface area contributed by atoms with Crippen LogP contribution in [-0.2, 0) is 35.6 Å². The zero-order valence-corrected chi connectivity index (χ0v) is 18.3. The molecule has 0 aliphatic heterocycles. The van der Waals surface area contributed by atoms with Gasteiger partial charge >= 0.3 is 6.03 Å². The highest BCUT2D eigenvalue weighted by molar-refractivity contribution is 7.89. The van der Waals surface area contributed by atoms with Crippen molar-refractivity contribution in [1.82, 2.24) is 4.98 Å². The molecule has 10 heteroatoms. The Kier molecular flexibility index (Phi) is 7.02.